The Balaban J connectivity index is 2.46. The van der Waals surface area contributed by atoms with Crippen LogP contribution in [0.15, 0.2) is 16.6 Å². The quantitative estimate of drug-likeness (QED) is 0.427. The molecule has 0 aromatic heterocycles. The van der Waals surface area contributed by atoms with Crippen molar-refractivity contribution in [3.63, 3.8) is 0 Å². The van der Waals surface area contributed by atoms with Crippen LogP contribution in [0.25, 0.3) is 0 Å². The van der Waals surface area contributed by atoms with Gasteiger partial charge in [0.2, 0.25) is 0 Å². The molecule has 0 saturated heterocycles. The van der Waals surface area contributed by atoms with Crippen molar-refractivity contribution >= 4 is 18.4 Å². The van der Waals surface area contributed by atoms with Gasteiger partial charge in [-0.3, -0.25) is 0 Å². The molecule has 0 fully saturated rings. The molecule has 0 radical (unpaired) electrons. The minimum absolute atomic E-state index is 1.27. The lowest BCUT2D eigenvalue weighted by Gasteiger charge is -1.90. The van der Waals surface area contributed by atoms with Gasteiger partial charge in [-0.1, -0.05) is 0 Å². The van der Waals surface area contributed by atoms with Gasteiger partial charge in [0.1, 0.15) is 0 Å². The lowest BCUT2D eigenvalue weighted by Crippen LogP contribution is -1.73. The largest absolute Gasteiger partial charge is 0.409 e. The lowest BCUT2D eigenvalue weighted by molar-refractivity contribution is 0.676. The summed E-state index contributed by atoms with van der Waals surface area (Å²) in [6, 6.07) is 0. The molecule has 1 aliphatic rings. The summed E-state index contributed by atoms with van der Waals surface area (Å²) in [5.74, 6) is 0. The van der Waals surface area contributed by atoms with Crippen LogP contribution >= 0.6 is 12.0 Å². The second kappa shape index (κ2) is 1.87. The van der Waals surface area contributed by atoms with Gasteiger partial charge in [-0.05, 0) is 0 Å². The third kappa shape index (κ3) is 0.755. The molecule has 6 heavy (non-hydrogen) atoms. The Morgan fingerprint density at radius 2 is 2.67 bits per heavy atom. The second-order valence-electron chi connectivity index (χ2n) is 0.732. The van der Waals surface area contributed by atoms with Crippen LogP contribution in [0.5, 0.6) is 0 Å². The predicted octanol–water partition coefficient (Wildman–Crippen LogP) is 1.16. The Morgan fingerprint density at radius 1 is 1.67 bits per heavy atom. The van der Waals surface area contributed by atoms with E-state index in [1.165, 1.54) is 18.4 Å². The van der Waals surface area contributed by atoms with Crippen LogP contribution < -0.4 is 0 Å². The third-order valence-corrected chi connectivity index (χ3v) is 0.792. The molecule has 0 aliphatic carbocycles. The van der Waals surface area contributed by atoms with Crippen LogP contribution in [0, 0.1) is 0 Å². The van der Waals surface area contributed by atoms with Crippen molar-refractivity contribution in [3.05, 3.63) is 11.6 Å². The van der Waals surface area contributed by atoms with E-state index in [9.17, 15) is 0 Å². The molecule has 0 spiro atoms. The highest BCUT2D eigenvalue weighted by atomic mass is 32.2. The first-order valence-electron chi connectivity index (χ1n) is 1.49. The first-order valence-corrected chi connectivity index (χ1v) is 2.29. The van der Waals surface area contributed by atoms with E-state index in [0.29, 0.717) is 0 Å². The molecule has 0 saturated carbocycles. The van der Waals surface area contributed by atoms with E-state index < -0.39 is 0 Å². The highest BCUT2D eigenvalue weighted by Crippen LogP contribution is 2.04. The van der Waals surface area contributed by atoms with Crippen molar-refractivity contribution in [2.24, 2.45) is 4.99 Å². The third-order valence-electron chi connectivity index (χ3n) is 0.362. The first kappa shape index (κ1) is 3.74. The van der Waals surface area contributed by atoms with Crippen LogP contribution in [0.3, 0.4) is 0 Å². The molecular weight excluding hydrogens is 98.1 g/mol. The fourth-order valence-electron chi connectivity index (χ4n) is 0.177. The standard InChI is InChI=1S/C3H3NOS/c1-2-6-5-3-4-1/h1-3H. The highest BCUT2D eigenvalue weighted by Gasteiger charge is 1.78. The normalized spacial score (nSPS) is 17.3. The van der Waals surface area contributed by atoms with E-state index in [1.807, 2.05) is 0 Å². The SMILES string of the molecule is C1=CSOC=N1. The summed E-state index contributed by atoms with van der Waals surface area (Å²) < 4.78 is 4.61. The monoisotopic (exact) mass is 101 g/mol. The zero-order valence-electron chi connectivity index (χ0n) is 3.00. The minimum atomic E-state index is 1.27. The molecule has 0 unspecified atom stereocenters. The van der Waals surface area contributed by atoms with Crippen LogP contribution in [0.1, 0.15) is 0 Å². The van der Waals surface area contributed by atoms with Gasteiger partial charge in [0.15, 0.2) is 6.40 Å². The zero-order chi connectivity index (χ0) is 4.24. The van der Waals surface area contributed by atoms with Crippen molar-refractivity contribution in [2.75, 3.05) is 0 Å². The minimum Gasteiger partial charge on any atom is -0.409 e. The van der Waals surface area contributed by atoms with E-state index in [2.05, 4.69) is 9.18 Å². The van der Waals surface area contributed by atoms with Gasteiger partial charge < -0.3 is 4.18 Å². The Hall–Kier alpha value is -0.440. The molecule has 32 valence electrons. The number of nitrogens with zero attached hydrogens (tertiary/aromatic N) is 1. The topological polar surface area (TPSA) is 21.6 Å². The molecule has 0 bridgehead atoms. The average Bonchev–Trinajstić information content (AvgIpc) is 1.72. The number of rotatable bonds is 0. The molecule has 0 atom stereocenters. The first-order chi connectivity index (χ1) is 3.00. The van der Waals surface area contributed by atoms with Crippen molar-refractivity contribution in [1.29, 1.82) is 0 Å². The van der Waals surface area contributed by atoms with Crippen molar-refractivity contribution in [2.45, 2.75) is 0 Å². The van der Waals surface area contributed by atoms with Gasteiger partial charge in [0.05, 0.1) is 12.0 Å². The molecule has 3 heteroatoms. The Bertz CT molecular complexity index is 76.8. The maximum atomic E-state index is 4.61. The highest BCUT2D eigenvalue weighted by molar-refractivity contribution is 7.97. The maximum absolute atomic E-state index is 4.61. The second-order valence-corrected chi connectivity index (χ2v) is 1.39. The lowest BCUT2D eigenvalue weighted by atomic mass is 11.0. The van der Waals surface area contributed by atoms with Crippen LogP contribution in [0.4, 0.5) is 0 Å². The summed E-state index contributed by atoms with van der Waals surface area (Å²) in [6.45, 7) is 0. The van der Waals surface area contributed by atoms with Gasteiger partial charge in [-0.15, -0.1) is 0 Å². The number of hydrogen-bond donors (Lipinski definition) is 0. The van der Waals surface area contributed by atoms with Gasteiger partial charge >= 0.3 is 0 Å². The van der Waals surface area contributed by atoms with Crippen molar-refractivity contribution in [1.82, 2.24) is 0 Å². The maximum Gasteiger partial charge on any atom is 0.191 e. The summed E-state index contributed by atoms with van der Waals surface area (Å²) in [6.07, 6.45) is 3.07. The van der Waals surface area contributed by atoms with E-state index in [1.54, 1.807) is 11.6 Å². The number of aliphatic imine (C=N–C) groups is 1. The summed E-state index contributed by atoms with van der Waals surface area (Å²) in [5, 5.41) is 1.76. The Labute approximate surface area is 40.1 Å². The fraction of sp³-hybridized carbons (Fsp3) is 0. The summed E-state index contributed by atoms with van der Waals surface area (Å²) in [7, 11) is 0. The molecule has 0 aromatic carbocycles. The Morgan fingerprint density at radius 3 is 2.83 bits per heavy atom. The van der Waals surface area contributed by atoms with Crippen LogP contribution in [-0.2, 0) is 4.18 Å². The zero-order valence-corrected chi connectivity index (χ0v) is 3.81. The van der Waals surface area contributed by atoms with Gasteiger partial charge in [0.25, 0.3) is 0 Å². The van der Waals surface area contributed by atoms with Gasteiger partial charge in [-0.25, -0.2) is 4.99 Å². The van der Waals surface area contributed by atoms with E-state index in [-0.39, 0.29) is 0 Å². The fourth-order valence-corrected chi connectivity index (χ4v) is 0.460. The molecule has 0 amide bonds. The summed E-state index contributed by atoms with van der Waals surface area (Å²) in [5.41, 5.74) is 0. The molecule has 0 aromatic rings. The average molecular weight is 101 g/mol. The summed E-state index contributed by atoms with van der Waals surface area (Å²) in [4.78, 5) is 3.63. The molecule has 1 heterocycles. The number of hydrogen-bond acceptors (Lipinski definition) is 3. The van der Waals surface area contributed by atoms with Crippen molar-refractivity contribution < 1.29 is 4.18 Å². The predicted molar refractivity (Wildman–Crippen MR) is 26.3 cm³/mol. The van der Waals surface area contributed by atoms with E-state index >= 15 is 0 Å². The van der Waals surface area contributed by atoms with E-state index in [4.69, 9.17) is 0 Å². The molecular formula is C3H3NOS. The molecule has 1 aliphatic heterocycles. The molecule has 0 N–H and O–H groups in total. The van der Waals surface area contributed by atoms with Gasteiger partial charge in [-0.2, -0.15) is 0 Å². The van der Waals surface area contributed by atoms with E-state index in [0.717, 1.165) is 0 Å². The van der Waals surface area contributed by atoms with Crippen LogP contribution in [-0.4, -0.2) is 6.40 Å². The van der Waals surface area contributed by atoms with Crippen molar-refractivity contribution in [3.8, 4) is 0 Å². The summed E-state index contributed by atoms with van der Waals surface area (Å²) >= 11 is 1.27. The molecule has 2 nitrogen and oxygen atoms in total. The smallest absolute Gasteiger partial charge is 0.191 e. The Kier molecular flexibility index (Phi) is 1.17. The van der Waals surface area contributed by atoms with Gasteiger partial charge in [0, 0.05) is 11.6 Å². The van der Waals surface area contributed by atoms with Crippen LogP contribution in [0.2, 0.25) is 0 Å². The molecule has 1 rings (SSSR count).